The Kier molecular flexibility index (Phi) is 3.95. The maximum Gasteiger partial charge on any atom is 0.223 e. The van der Waals surface area contributed by atoms with Gasteiger partial charge in [-0.15, -0.1) is 0 Å². The van der Waals surface area contributed by atoms with Crippen molar-refractivity contribution in [1.29, 1.82) is 0 Å². The van der Waals surface area contributed by atoms with Crippen LogP contribution in [0.3, 0.4) is 0 Å². The van der Waals surface area contributed by atoms with E-state index in [-0.39, 0.29) is 17.5 Å². The number of rotatable bonds is 3. The Morgan fingerprint density at radius 2 is 2.00 bits per heavy atom. The normalized spacial score (nSPS) is 21.7. The summed E-state index contributed by atoms with van der Waals surface area (Å²) >= 11 is 0. The second-order valence-corrected chi connectivity index (χ2v) is 6.27. The molecule has 19 heavy (non-hydrogen) atoms. The van der Waals surface area contributed by atoms with Gasteiger partial charge in [-0.25, -0.2) is 0 Å². The first kappa shape index (κ1) is 14.1. The van der Waals surface area contributed by atoms with Crippen LogP contribution in [0.15, 0.2) is 24.3 Å². The summed E-state index contributed by atoms with van der Waals surface area (Å²) in [5.74, 6) is 0.221. The fraction of sp³-hybridized carbons (Fsp3) is 0.562. The zero-order chi connectivity index (χ0) is 14.0. The van der Waals surface area contributed by atoms with Crippen LogP contribution in [-0.2, 0) is 11.2 Å². The van der Waals surface area contributed by atoms with E-state index in [0.29, 0.717) is 13.0 Å². The van der Waals surface area contributed by atoms with Gasteiger partial charge < -0.3 is 10.6 Å². The highest BCUT2D eigenvalue weighted by Gasteiger charge is 2.39. The first-order chi connectivity index (χ1) is 8.88. The highest BCUT2D eigenvalue weighted by molar-refractivity contribution is 5.77. The Balaban J connectivity index is 1.93. The largest absolute Gasteiger partial charge is 0.336 e. The minimum atomic E-state index is -0.0935. The number of carbonyl (C=O) groups excluding carboxylic acids is 1. The van der Waals surface area contributed by atoms with Gasteiger partial charge in [0.1, 0.15) is 0 Å². The van der Waals surface area contributed by atoms with Gasteiger partial charge in [-0.1, -0.05) is 29.8 Å². The molecule has 1 aliphatic rings. The molecule has 1 aromatic carbocycles. The van der Waals surface area contributed by atoms with E-state index in [1.54, 1.807) is 0 Å². The summed E-state index contributed by atoms with van der Waals surface area (Å²) < 4.78 is 0. The van der Waals surface area contributed by atoms with Gasteiger partial charge in [0.15, 0.2) is 0 Å². The van der Waals surface area contributed by atoms with Gasteiger partial charge in [-0.05, 0) is 39.2 Å². The summed E-state index contributed by atoms with van der Waals surface area (Å²) in [6.07, 6.45) is 2.27. The van der Waals surface area contributed by atoms with E-state index in [4.69, 9.17) is 5.73 Å². The molecule has 3 nitrogen and oxygen atoms in total. The van der Waals surface area contributed by atoms with Crippen molar-refractivity contribution in [3.63, 3.8) is 0 Å². The molecule has 0 aliphatic carbocycles. The first-order valence-corrected chi connectivity index (χ1v) is 7.00. The van der Waals surface area contributed by atoms with Crippen LogP contribution in [0, 0.1) is 6.92 Å². The molecule has 1 amide bonds. The van der Waals surface area contributed by atoms with E-state index >= 15 is 0 Å². The molecule has 0 saturated carbocycles. The summed E-state index contributed by atoms with van der Waals surface area (Å²) in [5, 5.41) is 0. The highest BCUT2D eigenvalue weighted by atomic mass is 16.2. The minimum Gasteiger partial charge on any atom is -0.336 e. The van der Waals surface area contributed by atoms with Crippen molar-refractivity contribution in [2.24, 2.45) is 5.73 Å². The molecule has 3 heteroatoms. The average Bonchev–Trinajstić information content (AvgIpc) is 2.61. The second kappa shape index (κ2) is 5.33. The van der Waals surface area contributed by atoms with Crippen LogP contribution in [0.1, 0.15) is 37.8 Å². The van der Waals surface area contributed by atoms with Crippen LogP contribution in [0.4, 0.5) is 0 Å². The predicted octanol–water partition coefficient (Wildman–Crippen LogP) is 2.27. The van der Waals surface area contributed by atoms with Crippen LogP contribution in [0.2, 0.25) is 0 Å². The van der Waals surface area contributed by atoms with E-state index in [2.05, 4.69) is 45.0 Å². The lowest BCUT2D eigenvalue weighted by Gasteiger charge is -2.31. The number of carbonyl (C=O) groups is 1. The molecule has 2 N–H and O–H groups in total. The molecule has 0 spiro atoms. The lowest BCUT2D eigenvalue weighted by molar-refractivity contribution is -0.134. The van der Waals surface area contributed by atoms with Crippen LogP contribution in [-0.4, -0.2) is 28.9 Å². The lowest BCUT2D eigenvalue weighted by Crippen LogP contribution is -2.42. The van der Waals surface area contributed by atoms with Crippen molar-refractivity contribution in [2.75, 3.05) is 6.54 Å². The van der Waals surface area contributed by atoms with E-state index in [0.717, 1.165) is 12.8 Å². The van der Waals surface area contributed by atoms with Gasteiger partial charge in [-0.3, -0.25) is 4.79 Å². The molecule has 0 radical (unpaired) electrons. The number of hydrogen-bond acceptors (Lipinski definition) is 2. The summed E-state index contributed by atoms with van der Waals surface area (Å²) in [7, 11) is 0. The number of aryl methyl sites for hydroxylation is 2. The Bertz CT molecular complexity index is 450. The van der Waals surface area contributed by atoms with Crippen molar-refractivity contribution in [3.8, 4) is 0 Å². The number of nitrogens with two attached hydrogens (primary N) is 1. The number of hydrogen-bond donors (Lipinski definition) is 1. The molecule has 0 aromatic heterocycles. The van der Waals surface area contributed by atoms with Gasteiger partial charge in [-0.2, -0.15) is 0 Å². The molecule has 0 bridgehead atoms. The molecule has 1 aliphatic heterocycles. The summed E-state index contributed by atoms with van der Waals surface area (Å²) in [4.78, 5) is 14.3. The summed E-state index contributed by atoms with van der Waals surface area (Å²) in [6, 6.07) is 8.51. The van der Waals surface area contributed by atoms with E-state index < -0.39 is 0 Å². The van der Waals surface area contributed by atoms with Crippen LogP contribution in [0.5, 0.6) is 0 Å². The van der Waals surface area contributed by atoms with E-state index in [1.165, 1.54) is 11.1 Å². The molecule has 1 aromatic rings. The number of benzene rings is 1. The highest BCUT2D eigenvalue weighted by Crippen LogP contribution is 2.28. The van der Waals surface area contributed by atoms with Gasteiger partial charge in [0, 0.05) is 24.5 Å². The van der Waals surface area contributed by atoms with Gasteiger partial charge >= 0.3 is 0 Å². The Labute approximate surface area is 115 Å². The van der Waals surface area contributed by atoms with E-state index in [1.807, 2.05) is 4.90 Å². The van der Waals surface area contributed by atoms with Crippen molar-refractivity contribution >= 4 is 5.91 Å². The van der Waals surface area contributed by atoms with Gasteiger partial charge in [0.2, 0.25) is 5.91 Å². The second-order valence-electron chi connectivity index (χ2n) is 6.27. The third-order valence-electron chi connectivity index (χ3n) is 3.96. The maximum absolute atomic E-state index is 12.3. The van der Waals surface area contributed by atoms with Gasteiger partial charge in [0.25, 0.3) is 0 Å². The minimum absolute atomic E-state index is 0.0935. The number of likely N-dealkylation sites (tertiary alicyclic amines) is 1. The lowest BCUT2D eigenvalue weighted by atomic mass is 10.00. The Hall–Kier alpha value is -1.35. The summed E-state index contributed by atoms with van der Waals surface area (Å²) in [6.45, 7) is 6.97. The maximum atomic E-state index is 12.3. The van der Waals surface area contributed by atoms with Crippen LogP contribution < -0.4 is 5.73 Å². The molecule has 2 rings (SSSR count). The SMILES string of the molecule is Cc1ccc(CCC(=O)N2CC(N)CC2(C)C)cc1. The zero-order valence-electron chi connectivity index (χ0n) is 12.1. The molecular formula is C16H24N2O. The van der Waals surface area contributed by atoms with Crippen molar-refractivity contribution < 1.29 is 4.79 Å². The third kappa shape index (κ3) is 3.35. The predicted molar refractivity (Wildman–Crippen MR) is 77.9 cm³/mol. The third-order valence-corrected chi connectivity index (χ3v) is 3.96. The summed E-state index contributed by atoms with van der Waals surface area (Å²) in [5.41, 5.74) is 8.35. The van der Waals surface area contributed by atoms with Crippen molar-refractivity contribution in [3.05, 3.63) is 35.4 Å². The van der Waals surface area contributed by atoms with Crippen LogP contribution >= 0.6 is 0 Å². The Morgan fingerprint density at radius 1 is 1.37 bits per heavy atom. The first-order valence-electron chi connectivity index (χ1n) is 7.00. The zero-order valence-corrected chi connectivity index (χ0v) is 12.1. The monoisotopic (exact) mass is 260 g/mol. The molecule has 1 atom stereocenters. The van der Waals surface area contributed by atoms with E-state index in [9.17, 15) is 4.79 Å². The fourth-order valence-corrected chi connectivity index (χ4v) is 2.88. The number of nitrogens with zero attached hydrogens (tertiary/aromatic N) is 1. The molecule has 104 valence electrons. The van der Waals surface area contributed by atoms with Crippen LogP contribution in [0.25, 0.3) is 0 Å². The Morgan fingerprint density at radius 3 is 2.53 bits per heavy atom. The molecular weight excluding hydrogens is 236 g/mol. The quantitative estimate of drug-likeness (QED) is 0.906. The molecule has 1 heterocycles. The smallest absolute Gasteiger partial charge is 0.223 e. The molecule has 1 fully saturated rings. The number of amides is 1. The molecule has 1 unspecified atom stereocenters. The van der Waals surface area contributed by atoms with Crippen molar-refractivity contribution in [1.82, 2.24) is 4.90 Å². The van der Waals surface area contributed by atoms with Gasteiger partial charge in [0.05, 0.1) is 0 Å². The molecule has 1 saturated heterocycles. The standard InChI is InChI=1S/C16H24N2O/c1-12-4-6-13(7-5-12)8-9-15(19)18-11-14(17)10-16(18,2)3/h4-7,14H,8-11,17H2,1-3H3. The topological polar surface area (TPSA) is 46.3 Å². The van der Waals surface area contributed by atoms with Crippen molar-refractivity contribution in [2.45, 2.75) is 51.6 Å². The average molecular weight is 260 g/mol. The fourth-order valence-electron chi connectivity index (χ4n) is 2.88.